The van der Waals surface area contributed by atoms with Crippen molar-refractivity contribution in [2.75, 3.05) is 20.8 Å². The molecule has 4 rings (SSSR count). The third kappa shape index (κ3) is 3.01. The highest BCUT2D eigenvalue weighted by Crippen LogP contribution is 2.34. The standard InChI is InChI=1S/C23H26N2O3/c1-15(2)25-11-9-18-19(6-5-7-20(18)25)23(26)24-10-8-16-12-21(27-3)22(28-4)13-17(16)14-24/h5-7,9,11-13,15H,8,10,14H2,1-4H3. The quantitative estimate of drug-likeness (QED) is 0.674. The topological polar surface area (TPSA) is 43.7 Å². The summed E-state index contributed by atoms with van der Waals surface area (Å²) in [7, 11) is 3.28. The van der Waals surface area contributed by atoms with Gasteiger partial charge in [-0.3, -0.25) is 4.79 Å². The van der Waals surface area contributed by atoms with Gasteiger partial charge in [0.15, 0.2) is 11.5 Å². The van der Waals surface area contributed by atoms with Crippen LogP contribution in [0.4, 0.5) is 0 Å². The fraction of sp³-hybridized carbons (Fsp3) is 0.348. The Morgan fingerprint density at radius 2 is 1.75 bits per heavy atom. The van der Waals surface area contributed by atoms with Gasteiger partial charge in [-0.2, -0.15) is 0 Å². The van der Waals surface area contributed by atoms with Crippen molar-refractivity contribution in [1.82, 2.24) is 9.47 Å². The van der Waals surface area contributed by atoms with Crippen LogP contribution in [0.1, 0.15) is 41.4 Å². The molecular formula is C23H26N2O3. The highest BCUT2D eigenvalue weighted by atomic mass is 16.5. The Kier molecular flexibility index (Phi) is 4.75. The predicted molar refractivity (Wildman–Crippen MR) is 110 cm³/mol. The van der Waals surface area contributed by atoms with Gasteiger partial charge in [-0.25, -0.2) is 0 Å². The van der Waals surface area contributed by atoms with E-state index < -0.39 is 0 Å². The van der Waals surface area contributed by atoms with Crippen LogP contribution in [-0.2, 0) is 13.0 Å². The molecule has 1 aromatic heterocycles. The van der Waals surface area contributed by atoms with Gasteiger partial charge in [0, 0.05) is 41.8 Å². The number of benzene rings is 2. The SMILES string of the molecule is COc1cc2c(cc1OC)CN(C(=O)c1cccc3c1ccn3C(C)C)CC2. The van der Waals surface area contributed by atoms with Crippen molar-refractivity contribution < 1.29 is 14.3 Å². The first-order valence-corrected chi connectivity index (χ1v) is 9.66. The van der Waals surface area contributed by atoms with E-state index in [4.69, 9.17) is 9.47 Å². The van der Waals surface area contributed by atoms with Crippen LogP contribution in [0.5, 0.6) is 11.5 Å². The molecule has 0 bridgehead atoms. The molecule has 1 amide bonds. The monoisotopic (exact) mass is 378 g/mol. The molecular weight excluding hydrogens is 352 g/mol. The first-order chi connectivity index (χ1) is 13.5. The Hall–Kier alpha value is -2.95. The molecule has 3 aromatic rings. The number of aromatic nitrogens is 1. The Labute approximate surface area is 165 Å². The summed E-state index contributed by atoms with van der Waals surface area (Å²) in [5.74, 6) is 1.51. The van der Waals surface area contributed by atoms with Gasteiger partial charge in [0.2, 0.25) is 0 Å². The van der Waals surface area contributed by atoms with Crippen LogP contribution in [0.2, 0.25) is 0 Å². The lowest BCUT2D eigenvalue weighted by molar-refractivity contribution is 0.0736. The Morgan fingerprint density at radius 3 is 2.43 bits per heavy atom. The van der Waals surface area contributed by atoms with E-state index in [9.17, 15) is 4.79 Å². The normalized spacial score (nSPS) is 13.7. The number of nitrogens with zero attached hydrogens (tertiary/aromatic N) is 2. The van der Waals surface area contributed by atoms with Crippen molar-refractivity contribution in [3.63, 3.8) is 0 Å². The summed E-state index contributed by atoms with van der Waals surface area (Å²) >= 11 is 0. The number of rotatable bonds is 4. The maximum Gasteiger partial charge on any atom is 0.254 e. The highest BCUT2D eigenvalue weighted by molar-refractivity contribution is 6.06. The van der Waals surface area contributed by atoms with Crippen LogP contribution in [-0.4, -0.2) is 36.1 Å². The first-order valence-electron chi connectivity index (χ1n) is 9.66. The molecule has 5 heteroatoms. The molecule has 0 N–H and O–H groups in total. The number of hydrogen-bond donors (Lipinski definition) is 0. The minimum atomic E-state index is 0.0764. The summed E-state index contributed by atoms with van der Waals surface area (Å²) in [4.78, 5) is 15.3. The summed E-state index contributed by atoms with van der Waals surface area (Å²) in [5, 5.41) is 1.01. The van der Waals surface area contributed by atoms with Crippen LogP contribution in [0, 0.1) is 0 Å². The van der Waals surface area contributed by atoms with Gasteiger partial charge in [-0.1, -0.05) is 6.07 Å². The number of fused-ring (bicyclic) bond motifs is 2. The summed E-state index contributed by atoms with van der Waals surface area (Å²) < 4.78 is 13.0. The zero-order chi connectivity index (χ0) is 19.8. The Balaban J connectivity index is 1.66. The molecule has 0 saturated heterocycles. The van der Waals surface area contributed by atoms with Crippen molar-refractivity contribution in [3.05, 3.63) is 59.3 Å². The van der Waals surface area contributed by atoms with Gasteiger partial charge in [0.05, 0.1) is 14.2 Å². The molecule has 0 unspecified atom stereocenters. The molecule has 0 fully saturated rings. The highest BCUT2D eigenvalue weighted by Gasteiger charge is 2.25. The van der Waals surface area contributed by atoms with Crippen molar-refractivity contribution in [3.8, 4) is 11.5 Å². The second-order valence-electron chi connectivity index (χ2n) is 7.51. The predicted octanol–water partition coefficient (Wildman–Crippen LogP) is 4.44. The average Bonchev–Trinajstić information content (AvgIpc) is 3.16. The number of hydrogen-bond acceptors (Lipinski definition) is 3. The fourth-order valence-electron chi connectivity index (χ4n) is 4.05. The fourth-order valence-corrected chi connectivity index (χ4v) is 4.05. The van der Waals surface area contributed by atoms with E-state index in [0.29, 0.717) is 24.9 Å². The van der Waals surface area contributed by atoms with E-state index in [1.54, 1.807) is 14.2 Å². The molecule has 0 atom stereocenters. The zero-order valence-electron chi connectivity index (χ0n) is 16.9. The third-order valence-corrected chi connectivity index (χ3v) is 5.56. The number of carbonyl (C=O) groups excluding carboxylic acids is 1. The molecule has 2 aromatic carbocycles. The van der Waals surface area contributed by atoms with Gasteiger partial charge in [0.25, 0.3) is 5.91 Å². The largest absolute Gasteiger partial charge is 0.493 e. The molecule has 0 aliphatic carbocycles. The van der Waals surface area contributed by atoms with E-state index >= 15 is 0 Å². The smallest absolute Gasteiger partial charge is 0.254 e. The molecule has 1 aliphatic rings. The molecule has 2 heterocycles. The minimum absolute atomic E-state index is 0.0764. The second kappa shape index (κ2) is 7.23. The number of methoxy groups -OCH3 is 2. The van der Waals surface area contributed by atoms with Gasteiger partial charge in [-0.15, -0.1) is 0 Å². The van der Waals surface area contributed by atoms with Gasteiger partial charge < -0.3 is 18.9 Å². The number of amides is 1. The number of ether oxygens (including phenoxy) is 2. The lowest BCUT2D eigenvalue weighted by atomic mass is 9.97. The zero-order valence-corrected chi connectivity index (χ0v) is 16.9. The minimum Gasteiger partial charge on any atom is -0.493 e. The van der Waals surface area contributed by atoms with Crippen molar-refractivity contribution >= 4 is 16.8 Å². The molecule has 146 valence electrons. The lowest BCUT2D eigenvalue weighted by Gasteiger charge is -2.30. The van der Waals surface area contributed by atoms with Crippen molar-refractivity contribution in [2.45, 2.75) is 32.9 Å². The van der Waals surface area contributed by atoms with E-state index in [0.717, 1.165) is 34.2 Å². The van der Waals surface area contributed by atoms with Gasteiger partial charge >= 0.3 is 0 Å². The van der Waals surface area contributed by atoms with E-state index in [-0.39, 0.29) is 5.91 Å². The summed E-state index contributed by atoms with van der Waals surface area (Å²) in [6.45, 7) is 5.58. The summed E-state index contributed by atoms with van der Waals surface area (Å²) in [6, 6.07) is 12.4. The van der Waals surface area contributed by atoms with Crippen LogP contribution in [0.3, 0.4) is 0 Å². The number of carbonyl (C=O) groups is 1. The second-order valence-corrected chi connectivity index (χ2v) is 7.51. The van der Waals surface area contributed by atoms with Gasteiger partial charge in [0.1, 0.15) is 0 Å². The molecule has 0 spiro atoms. The Morgan fingerprint density at radius 1 is 1.04 bits per heavy atom. The van der Waals surface area contributed by atoms with Crippen molar-refractivity contribution in [2.24, 2.45) is 0 Å². The first kappa shape index (κ1) is 18.4. The van der Waals surface area contributed by atoms with Crippen LogP contribution < -0.4 is 9.47 Å². The van der Waals surface area contributed by atoms with Crippen molar-refractivity contribution in [1.29, 1.82) is 0 Å². The van der Waals surface area contributed by atoms with Crippen LogP contribution >= 0.6 is 0 Å². The van der Waals surface area contributed by atoms with Crippen LogP contribution in [0.15, 0.2) is 42.6 Å². The van der Waals surface area contributed by atoms with E-state index in [1.165, 1.54) is 5.56 Å². The molecule has 28 heavy (non-hydrogen) atoms. The molecule has 1 aliphatic heterocycles. The van der Waals surface area contributed by atoms with E-state index in [2.05, 4.69) is 30.7 Å². The molecule has 5 nitrogen and oxygen atoms in total. The van der Waals surface area contributed by atoms with Crippen LogP contribution in [0.25, 0.3) is 10.9 Å². The Bertz CT molecular complexity index is 1040. The molecule has 0 radical (unpaired) electrons. The summed E-state index contributed by atoms with van der Waals surface area (Å²) in [6.07, 6.45) is 2.87. The maximum absolute atomic E-state index is 13.3. The maximum atomic E-state index is 13.3. The summed E-state index contributed by atoms with van der Waals surface area (Å²) in [5.41, 5.74) is 4.19. The van der Waals surface area contributed by atoms with E-state index in [1.807, 2.05) is 35.2 Å². The van der Waals surface area contributed by atoms with Gasteiger partial charge in [-0.05, 0) is 61.7 Å². The third-order valence-electron chi connectivity index (χ3n) is 5.56. The average molecular weight is 378 g/mol. The molecule has 0 saturated carbocycles. The lowest BCUT2D eigenvalue weighted by Crippen LogP contribution is -2.36.